The molecule has 1 aromatic carbocycles. The Morgan fingerprint density at radius 2 is 2.25 bits per heavy atom. The van der Waals surface area contributed by atoms with Gasteiger partial charge in [-0.3, -0.25) is 10.1 Å². The quantitative estimate of drug-likeness (QED) is 0.474. The number of nitro benzene ring substituents is 1. The van der Waals surface area contributed by atoms with Crippen molar-refractivity contribution in [2.75, 3.05) is 6.54 Å². The van der Waals surface area contributed by atoms with Gasteiger partial charge in [0.05, 0.1) is 4.92 Å². The lowest BCUT2D eigenvalue weighted by Crippen LogP contribution is -2.14. The summed E-state index contributed by atoms with van der Waals surface area (Å²) in [5.74, 6) is 0. The molecular weight excluding hydrogens is 228 g/mol. The van der Waals surface area contributed by atoms with Gasteiger partial charge in [0.25, 0.3) is 5.69 Å². The van der Waals surface area contributed by atoms with Crippen LogP contribution in [0.1, 0.15) is 25.3 Å². The molecule has 88 valence electrons. The first kappa shape index (κ1) is 12.9. The highest BCUT2D eigenvalue weighted by atomic mass is 35.5. The van der Waals surface area contributed by atoms with Crippen molar-refractivity contribution in [2.45, 2.75) is 26.3 Å². The molecule has 4 nitrogen and oxygen atoms in total. The summed E-state index contributed by atoms with van der Waals surface area (Å²) in [5, 5.41) is 14.3. The van der Waals surface area contributed by atoms with Gasteiger partial charge in [0.15, 0.2) is 0 Å². The minimum absolute atomic E-state index is 0.0803. The van der Waals surface area contributed by atoms with Gasteiger partial charge in [0.1, 0.15) is 0 Å². The Morgan fingerprint density at radius 3 is 2.88 bits per heavy atom. The molecule has 1 aromatic rings. The van der Waals surface area contributed by atoms with Gasteiger partial charge in [-0.05, 0) is 24.6 Å². The second kappa shape index (κ2) is 6.45. The Kier molecular flexibility index (Phi) is 5.22. The topological polar surface area (TPSA) is 55.2 Å². The maximum Gasteiger partial charge on any atom is 0.269 e. The van der Waals surface area contributed by atoms with Crippen molar-refractivity contribution < 1.29 is 4.92 Å². The second-order valence-electron chi connectivity index (χ2n) is 3.56. The summed E-state index contributed by atoms with van der Waals surface area (Å²) in [6.07, 6.45) is 2.21. The lowest BCUT2D eigenvalue weighted by Gasteiger charge is -2.05. The first-order valence-corrected chi connectivity index (χ1v) is 5.66. The van der Waals surface area contributed by atoms with Crippen molar-refractivity contribution in [3.63, 3.8) is 0 Å². The molecule has 1 rings (SSSR count). The van der Waals surface area contributed by atoms with E-state index in [0.717, 1.165) is 24.9 Å². The van der Waals surface area contributed by atoms with Crippen molar-refractivity contribution in [1.29, 1.82) is 0 Å². The lowest BCUT2D eigenvalue weighted by molar-refractivity contribution is -0.384. The number of non-ortho nitro benzene ring substituents is 1. The number of unbranched alkanes of at least 4 members (excludes halogenated alkanes) is 1. The Hall–Kier alpha value is -1.13. The summed E-state index contributed by atoms with van der Waals surface area (Å²) < 4.78 is 0. The molecule has 0 aliphatic heterocycles. The van der Waals surface area contributed by atoms with Crippen LogP contribution in [-0.4, -0.2) is 11.5 Å². The molecule has 0 atom stereocenters. The summed E-state index contributed by atoms with van der Waals surface area (Å²) in [7, 11) is 0. The number of benzene rings is 1. The highest BCUT2D eigenvalue weighted by molar-refractivity contribution is 6.31. The van der Waals surface area contributed by atoms with E-state index < -0.39 is 4.92 Å². The van der Waals surface area contributed by atoms with Gasteiger partial charge in [-0.25, -0.2) is 0 Å². The van der Waals surface area contributed by atoms with Crippen LogP contribution in [0.5, 0.6) is 0 Å². The molecule has 0 heterocycles. The molecule has 0 spiro atoms. The van der Waals surface area contributed by atoms with Gasteiger partial charge in [0.2, 0.25) is 0 Å². The lowest BCUT2D eigenvalue weighted by atomic mass is 10.2. The number of nitrogens with one attached hydrogen (secondary N) is 1. The normalized spacial score (nSPS) is 10.4. The molecule has 0 saturated heterocycles. The predicted octanol–water partition coefficient (Wildman–Crippen LogP) is 3.14. The van der Waals surface area contributed by atoms with Gasteiger partial charge in [-0.2, -0.15) is 0 Å². The van der Waals surface area contributed by atoms with E-state index in [1.54, 1.807) is 6.07 Å². The van der Waals surface area contributed by atoms with Crippen LogP contribution in [0.15, 0.2) is 18.2 Å². The van der Waals surface area contributed by atoms with Crippen molar-refractivity contribution in [3.05, 3.63) is 38.9 Å². The van der Waals surface area contributed by atoms with Crippen LogP contribution in [-0.2, 0) is 6.54 Å². The third-order valence-electron chi connectivity index (χ3n) is 2.26. The van der Waals surface area contributed by atoms with E-state index in [-0.39, 0.29) is 5.69 Å². The minimum Gasteiger partial charge on any atom is -0.313 e. The van der Waals surface area contributed by atoms with Crippen LogP contribution in [0.25, 0.3) is 0 Å². The third-order valence-corrected chi connectivity index (χ3v) is 2.63. The summed E-state index contributed by atoms with van der Waals surface area (Å²) >= 11 is 5.95. The highest BCUT2D eigenvalue weighted by Crippen LogP contribution is 2.21. The summed E-state index contributed by atoms with van der Waals surface area (Å²) in [6, 6.07) is 4.50. The molecule has 0 aliphatic carbocycles. The fraction of sp³-hybridized carbons (Fsp3) is 0.455. The van der Waals surface area contributed by atoms with Crippen LogP contribution < -0.4 is 5.32 Å². The van der Waals surface area contributed by atoms with Gasteiger partial charge in [-0.1, -0.05) is 24.9 Å². The Labute approximate surface area is 99.8 Å². The molecule has 0 fully saturated rings. The van der Waals surface area contributed by atoms with Crippen LogP contribution in [0.4, 0.5) is 5.69 Å². The van der Waals surface area contributed by atoms with E-state index in [9.17, 15) is 10.1 Å². The van der Waals surface area contributed by atoms with Crippen LogP contribution in [0.3, 0.4) is 0 Å². The number of rotatable bonds is 6. The molecule has 0 aliphatic rings. The zero-order valence-electron chi connectivity index (χ0n) is 9.20. The summed E-state index contributed by atoms with van der Waals surface area (Å²) in [5.41, 5.74) is 0.851. The average Bonchev–Trinajstić information content (AvgIpc) is 2.26. The maximum absolute atomic E-state index is 10.6. The molecular formula is C11H15ClN2O2. The molecule has 0 unspecified atom stereocenters. The average molecular weight is 243 g/mol. The third kappa shape index (κ3) is 3.79. The fourth-order valence-electron chi connectivity index (χ4n) is 1.34. The molecule has 0 bridgehead atoms. The van der Waals surface area contributed by atoms with Gasteiger partial charge < -0.3 is 5.32 Å². The first-order valence-electron chi connectivity index (χ1n) is 5.28. The number of nitro groups is 1. The van der Waals surface area contributed by atoms with E-state index in [2.05, 4.69) is 12.2 Å². The molecule has 16 heavy (non-hydrogen) atoms. The Morgan fingerprint density at radius 1 is 1.50 bits per heavy atom. The van der Waals surface area contributed by atoms with E-state index in [4.69, 9.17) is 11.6 Å². The summed E-state index contributed by atoms with van der Waals surface area (Å²) in [6.45, 7) is 3.58. The molecule has 0 radical (unpaired) electrons. The van der Waals surface area contributed by atoms with Gasteiger partial charge >= 0.3 is 0 Å². The second-order valence-corrected chi connectivity index (χ2v) is 3.97. The first-order chi connectivity index (χ1) is 7.65. The fourth-order valence-corrected chi connectivity index (χ4v) is 1.52. The number of hydrogen-bond donors (Lipinski definition) is 1. The largest absolute Gasteiger partial charge is 0.313 e. The van der Waals surface area contributed by atoms with Crippen LogP contribution in [0.2, 0.25) is 5.02 Å². The Balaban J connectivity index is 2.63. The monoisotopic (exact) mass is 242 g/mol. The van der Waals surface area contributed by atoms with E-state index in [0.29, 0.717) is 11.6 Å². The van der Waals surface area contributed by atoms with Crippen molar-refractivity contribution in [3.8, 4) is 0 Å². The highest BCUT2D eigenvalue weighted by Gasteiger charge is 2.08. The smallest absolute Gasteiger partial charge is 0.269 e. The van der Waals surface area contributed by atoms with Crippen molar-refractivity contribution >= 4 is 17.3 Å². The molecule has 0 saturated carbocycles. The molecule has 0 aromatic heterocycles. The van der Waals surface area contributed by atoms with Crippen molar-refractivity contribution in [2.24, 2.45) is 0 Å². The SMILES string of the molecule is CCCCNCc1cc([N+](=O)[O-])ccc1Cl. The van der Waals surface area contributed by atoms with E-state index >= 15 is 0 Å². The molecule has 1 N–H and O–H groups in total. The summed E-state index contributed by atoms with van der Waals surface area (Å²) in [4.78, 5) is 10.2. The standard InChI is InChI=1S/C11H15ClN2O2/c1-2-3-6-13-8-9-7-10(14(15)16)4-5-11(9)12/h4-5,7,13H,2-3,6,8H2,1H3. The number of halogens is 1. The number of hydrogen-bond acceptors (Lipinski definition) is 3. The van der Waals surface area contributed by atoms with Gasteiger partial charge in [-0.15, -0.1) is 0 Å². The maximum atomic E-state index is 10.6. The van der Waals surface area contributed by atoms with Crippen LogP contribution in [0, 0.1) is 10.1 Å². The van der Waals surface area contributed by atoms with E-state index in [1.807, 2.05) is 0 Å². The van der Waals surface area contributed by atoms with Gasteiger partial charge in [0, 0.05) is 23.7 Å². The zero-order chi connectivity index (χ0) is 12.0. The van der Waals surface area contributed by atoms with Crippen LogP contribution >= 0.6 is 11.6 Å². The number of nitrogens with zero attached hydrogens (tertiary/aromatic N) is 1. The Bertz CT molecular complexity index is 369. The molecule has 0 amide bonds. The van der Waals surface area contributed by atoms with E-state index in [1.165, 1.54) is 12.1 Å². The minimum atomic E-state index is -0.411. The predicted molar refractivity (Wildman–Crippen MR) is 64.7 cm³/mol. The molecule has 5 heteroatoms. The zero-order valence-corrected chi connectivity index (χ0v) is 9.96. The van der Waals surface area contributed by atoms with Crippen molar-refractivity contribution in [1.82, 2.24) is 5.32 Å².